The minimum Gasteiger partial charge on any atom is -0.480 e. The number of terminal acetylenes is 1. The van der Waals surface area contributed by atoms with E-state index in [2.05, 4.69) is 11.2 Å². The SMILES string of the molecule is C#CCCCCC(=O)N1CCNCC1C(=O)O. The molecule has 1 rings (SSSR count). The lowest BCUT2D eigenvalue weighted by atomic mass is 10.1. The highest BCUT2D eigenvalue weighted by Gasteiger charge is 2.31. The average Bonchev–Trinajstić information content (AvgIpc) is 2.34. The van der Waals surface area contributed by atoms with Crippen LogP contribution in [-0.2, 0) is 9.59 Å². The molecular weight excluding hydrogens is 220 g/mol. The van der Waals surface area contributed by atoms with Gasteiger partial charge in [-0.2, -0.15) is 0 Å². The number of piperazine rings is 1. The van der Waals surface area contributed by atoms with E-state index in [4.69, 9.17) is 11.5 Å². The number of unbranched alkanes of at least 4 members (excludes halogenated alkanes) is 2. The summed E-state index contributed by atoms with van der Waals surface area (Å²) < 4.78 is 0. The number of carboxylic acid groups (broad SMARTS) is 1. The van der Waals surface area contributed by atoms with E-state index in [1.165, 1.54) is 4.90 Å². The van der Waals surface area contributed by atoms with Crippen LogP contribution in [0.25, 0.3) is 0 Å². The lowest BCUT2D eigenvalue weighted by Gasteiger charge is -2.33. The fourth-order valence-corrected chi connectivity index (χ4v) is 1.87. The second kappa shape index (κ2) is 6.92. The first kappa shape index (κ1) is 13.5. The molecule has 5 nitrogen and oxygen atoms in total. The second-order valence-corrected chi connectivity index (χ2v) is 4.06. The monoisotopic (exact) mass is 238 g/mol. The first-order valence-corrected chi connectivity index (χ1v) is 5.83. The first-order chi connectivity index (χ1) is 8.16. The maximum absolute atomic E-state index is 11.9. The van der Waals surface area contributed by atoms with Gasteiger partial charge in [0.2, 0.25) is 5.91 Å². The molecule has 17 heavy (non-hydrogen) atoms. The third-order valence-electron chi connectivity index (χ3n) is 2.81. The van der Waals surface area contributed by atoms with Crippen molar-refractivity contribution in [3.8, 4) is 12.3 Å². The van der Waals surface area contributed by atoms with E-state index in [0.717, 1.165) is 12.8 Å². The largest absolute Gasteiger partial charge is 0.480 e. The van der Waals surface area contributed by atoms with Crippen LogP contribution in [0.4, 0.5) is 0 Å². The second-order valence-electron chi connectivity index (χ2n) is 4.06. The van der Waals surface area contributed by atoms with E-state index < -0.39 is 12.0 Å². The van der Waals surface area contributed by atoms with Crippen molar-refractivity contribution in [3.63, 3.8) is 0 Å². The third kappa shape index (κ3) is 4.08. The van der Waals surface area contributed by atoms with E-state index in [1.807, 2.05) is 0 Å². The van der Waals surface area contributed by atoms with Gasteiger partial charge in [0.1, 0.15) is 6.04 Å². The number of carbonyl (C=O) groups excluding carboxylic acids is 1. The summed E-state index contributed by atoms with van der Waals surface area (Å²) >= 11 is 0. The molecule has 1 heterocycles. The summed E-state index contributed by atoms with van der Waals surface area (Å²) in [5.74, 6) is 1.48. The predicted octanol–water partition coefficient (Wildman–Crippen LogP) is 0.0650. The van der Waals surface area contributed by atoms with Crippen LogP contribution in [0.2, 0.25) is 0 Å². The van der Waals surface area contributed by atoms with Crippen molar-refractivity contribution in [2.75, 3.05) is 19.6 Å². The summed E-state index contributed by atoms with van der Waals surface area (Å²) in [7, 11) is 0. The summed E-state index contributed by atoms with van der Waals surface area (Å²) in [5, 5.41) is 12.0. The van der Waals surface area contributed by atoms with E-state index >= 15 is 0 Å². The van der Waals surface area contributed by atoms with Gasteiger partial charge >= 0.3 is 5.97 Å². The number of hydrogen-bond acceptors (Lipinski definition) is 3. The highest BCUT2D eigenvalue weighted by molar-refractivity contribution is 5.84. The van der Waals surface area contributed by atoms with Gasteiger partial charge in [-0.25, -0.2) is 4.79 Å². The molecule has 1 amide bonds. The smallest absolute Gasteiger partial charge is 0.327 e. The number of aliphatic carboxylic acids is 1. The third-order valence-corrected chi connectivity index (χ3v) is 2.81. The zero-order chi connectivity index (χ0) is 12.7. The first-order valence-electron chi connectivity index (χ1n) is 5.83. The molecule has 94 valence electrons. The fraction of sp³-hybridized carbons (Fsp3) is 0.667. The van der Waals surface area contributed by atoms with Crippen LogP contribution in [-0.4, -0.2) is 47.6 Å². The standard InChI is InChI=1S/C12H18N2O3/c1-2-3-4-5-6-11(15)14-8-7-13-9-10(14)12(16)17/h1,10,13H,3-9H2,(H,16,17). The van der Waals surface area contributed by atoms with Crippen molar-refractivity contribution in [2.45, 2.75) is 31.7 Å². The molecule has 0 aromatic carbocycles. The quantitative estimate of drug-likeness (QED) is 0.525. The van der Waals surface area contributed by atoms with Crippen molar-refractivity contribution in [1.29, 1.82) is 0 Å². The molecule has 0 spiro atoms. The minimum atomic E-state index is -0.950. The van der Waals surface area contributed by atoms with Gasteiger partial charge in [-0.1, -0.05) is 0 Å². The Morgan fingerprint density at radius 1 is 1.47 bits per heavy atom. The Hall–Kier alpha value is -1.54. The zero-order valence-corrected chi connectivity index (χ0v) is 9.82. The van der Waals surface area contributed by atoms with Crippen molar-refractivity contribution in [1.82, 2.24) is 10.2 Å². The molecule has 1 aliphatic rings. The summed E-state index contributed by atoms with van der Waals surface area (Å²) in [6.45, 7) is 1.44. The Labute approximate surface area is 101 Å². The molecule has 1 saturated heterocycles. The maximum atomic E-state index is 11.9. The molecule has 1 aliphatic heterocycles. The number of nitrogens with zero attached hydrogens (tertiary/aromatic N) is 1. The van der Waals surface area contributed by atoms with Gasteiger partial charge in [0, 0.05) is 32.5 Å². The molecule has 1 atom stereocenters. The number of amides is 1. The summed E-state index contributed by atoms with van der Waals surface area (Å²) in [6, 6.07) is -0.733. The van der Waals surface area contributed by atoms with Crippen LogP contribution >= 0.6 is 0 Å². The average molecular weight is 238 g/mol. The van der Waals surface area contributed by atoms with Gasteiger partial charge in [-0.05, 0) is 12.8 Å². The molecule has 0 aliphatic carbocycles. The van der Waals surface area contributed by atoms with Gasteiger partial charge < -0.3 is 15.3 Å². The highest BCUT2D eigenvalue weighted by Crippen LogP contribution is 2.09. The number of carboxylic acids is 1. The highest BCUT2D eigenvalue weighted by atomic mass is 16.4. The molecule has 5 heteroatoms. The Morgan fingerprint density at radius 2 is 2.24 bits per heavy atom. The summed E-state index contributed by atoms with van der Waals surface area (Å²) in [6.07, 6.45) is 7.70. The van der Waals surface area contributed by atoms with Crippen molar-refractivity contribution < 1.29 is 14.7 Å². The molecule has 0 aromatic heterocycles. The Bertz CT molecular complexity index is 322. The van der Waals surface area contributed by atoms with Crippen LogP contribution in [0.5, 0.6) is 0 Å². The van der Waals surface area contributed by atoms with E-state index in [9.17, 15) is 9.59 Å². The van der Waals surface area contributed by atoms with Crippen LogP contribution < -0.4 is 5.32 Å². The van der Waals surface area contributed by atoms with Crippen molar-refractivity contribution in [3.05, 3.63) is 0 Å². The van der Waals surface area contributed by atoms with Gasteiger partial charge in [-0.15, -0.1) is 12.3 Å². The number of nitrogens with one attached hydrogen (secondary N) is 1. The lowest BCUT2D eigenvalue weighted by molar-refractivity contribution is -0.151. The molecule has 1 fully saturated rings. The normalized spacial score (nSPS) is 19.7. The van der Waals surface area contributed by atoms with Crippen LogP contribution in [0, 0.1) is 12.3 Å². The number of carbonyl (C=O) groups is 2. The Morgan fingerprint density at radius 3 is 2.88 bits per heavy atom. The van der Waals surface area contributed by atoms with Gasteiger partial charge in [0.25, 0.3) is 0 Å². The van der Waals surface area contributed by atoms with Crippen molar-refractivity contribution in [2.24, 2.45) is 0 Å². The molecular formula is C12H18N2O3. The molecule has 0 saturated carbocycles. The molecule has 2 N–H and O–H groups in total. The number of hydrogen-bond donors (Lipinski definition) is 2. The molecule has 0 aromatic rings. The van der Waals surface area contributed by atoms with E-state index in [0.29, 0.717) is 32.5 Å². The molecule has 1 unspecified atom stereocenters. The van der Waals surface area contributed by atoms with Gasteiger partial charge in [-0.3, -0.25) is 4.79 Å². The minimum absolute atomic E-state index is 0.0871. The fourth-order valence-electron chi connectivity index (χ4n) is 1.87. The van der Waals surface area contributed by atoms with Gasteiger partial charge in [0.05, 0.1) is 0 Å². The Balaban J connectivity index is 2.42. The maximum Gasteiger partial charge on any atom is 0.327 e. The molecule has 0 bridgehead atoms. The summed E-state index contributed by atoms with van der Waals surface area (Å²) in [5.41, 5.74) is 0. The van der Waals surface area contributed by atoms with E-state index in [-0.39, 0.29) is 5.91 Å². The van der Waals surface area contributed by atoms with Crippen LogP contribution in [0.3, 0.4) is 0 Å². The lowest BCUT2D eigenvalue weighted by Crippen LogP contribution is -2.56. The number of rotatable bonds is 5. The predicted molar refractivity (Wildman–Crippen MR) is 63.3 cm³/mol. The van der Waals surface area contributed by atoms with Crippen molar-refractivity contribution >= 4 is 11.9 Å². The Kier molecular flexibility index (Phi) is 5.50. The zero-order valence-electron chi connectivity index (χ0n) is 9.82. The topological polar surface area (TPSA) is 69.6 Å². The molecule has 0 radical (unpaired) electrons. The van der Waals surface area contributed by atoms with E-state index in [1.54, 1.807) is 0 Å². The van der Waals surface area contributed by atoms with Crippen LogP contribution in [0.1, 0.15) is 25.7 Å². The van der Waals surface area contributed by atoms with Gasteiger partial charge in [0.15, 0.2) is 0 Å². The van der Waals surface area contributed by atoms with Crippen LogP contribution in [0.15, 0.2) is 0 Å². The summed E-state index contributed by atoms with van der Waals surface area (Å²) in [4.78, 5) is 24.3.